The number of fused-ring (bicyclic) bond motifs is 2. The van der Waals surface area contributed by atoms with Gasteiger partial charge in [-0.1, -0.05) is 32.9 Å². The lowest BCUT2D eigenvalue weighted by molar-refractivity contribution is -0.133. The second-order valence-electron chi connectivity index (χ2n) is 8.89. The lowest BCUT2D eigenvalue weighted by atomic mass is 9.65. The normalized spacial score (nSPS) is 26.9. The first-order valence-corrected chi connectivity index (χ1v) is 9.06. The number of likely N-dealkylation sites (tertiary alicyclic amines) is 1. The van der Waals surface area contributed by atoms with Gasteiger partial charge < -0.3 is 4.90 Å². The van der Waals surface area contributed by atoms with Crippen LogP contribution in [0.2, 0.25) is 0 Å². The van der Waals surface area contributed by atoms with Gasteiger partial charge in [-0.2, -0.15) is 4.80 Å². The van der Waals surface area contributed by atoms with E-state index in [-0.39, 0.29) is 29.1 Å². The molecule has 1 aliphatic heterocycles. The van der Waals surface area contributed by atoms with Gasteiger partial charge in [0.05, 0.1) is 0 Å². The van der Waals surface area contributed by atoms with E-state index >= 15 is 0 Å². The Labute approximate surface area is 152 Å². The summed E-state index contributed by atoms with van der Waals surface area (Å²) in [5.41, 5.74) is 1.02. The Morgan fingerprint density at radius 3 is 2.88 bits per heavy atom. The van der Waals surface area contributed by atoms with E-state index in [1.54, 1.807) is 12.1 Å². The number of benzene rings is 1. The summed E-state index contributed by atoms with van der Waals surface area (Å²) in [6.07, 6.45) is 3.25. The molecule has 1 aliphatic carbocycles. The number of hydrogen-bond donors (Lipinski definition) is 0. The van der Waals surface area contributed by atoms with Gasteiger partial charge in [-0.25, -0.2) is 4.39 Å². The van der Waals surface area contributed by atoms with Gasteiger partial charge in [-0.15, -0.1) is 10.2 Å². The lowest BCUT2D eigenvalue weighted by Gasteiger charge is -2.39. The molecule has 0 unspecified atom stereocenters. The van der Waals surface area contributed by atoms with Crippen molar-refractivity contribution in [3.05, 3.63) is 30.1 Å². The van der Waals surface area contributed by atoms with E-state index < -0.39 is 0 Å². The molecule has 2 bridgehead atoms. The number of amides is 1. The van der Waals surface area contributed by atoms with Gasteiger partial charge >= 0.3 is 0 Å². The molecule has 2 atom stereocenters. The Morgan fingerprint density at radius 1 is 1.31 bits per heavy atom. The van der Waals surface area contributed by atoms with E-state index in [2.05, 4.69) is 36.2 Å². The van der Waals surface area contributed by atoms with Crippen molar-refractivity contribution >= 4 is 5.91 Å². The fourth-order valence-corrected chi connectivity index (χ4v) is 5.02. The molecule has 1 aromatic carbocycles. The summed E-state index contributed by atoms with van der Waals surface area (Å²) < 4.78 is 13.4. The second kappa shape index (κ2) is 5.86. The van der Waals surface area contributed by atoms with Crippen molar-refractivity contribution in [2.75, 3.05) is 6.54 Å². The average Bonchev–Trinajstić information content (AvgIpc) is 3.08. The number of halogens is 1. The van der Waals surface area contributed by atoms with Crippen molar-refractivity contribution < 1.29 is 9.18 Å². The Kier molecular flexibility index (Phi) is 3.86. The molecule has 1 aromatic heterocycles. The van der Waals surface area contributed by atoms with Gasteiger partial charge in [0.1, 0.15) is 12.4 Å². The Balaban J connectivity index is 1.48. The summed E-state index contributed by atoms with van der Waals surface area (Å²) in [5, 5.41) is 12.2. The van der Waals surface area contributed by atoms with Gasteiger partial charge in [0.2, 0.25) is 11.7 Å². The zero-order valence-electron chi connectivity index (χ0n) is 15.4. The number of carbonyl (C=O) groups excluding carboxylic acids is 1. The van der Waals surface area contributed by atoms with Crippen LogP contribution >= 0.6 is 0 Å². The Morgan fingerprint density at radius 2 is 2.12 bits per heavy atom. The van der Waals surface area contributed by atoms with E-state index in [0.717, 1.165) is 25.8 Å². The van der Waals surface area contributed by atoms with Crippen molar-refractivity contribution in [1.82, 2.24) is 25.1 Å². The van der Waals surface area contributed by atoms with Gasteiger partial charge in [-0.05, 0) is 47.4 Å². The minimum absolute atomic E-state index is 0.0274. The average molecular weight is 357 g/mol. The van der Waals surface area contributed by atoms with E-state index in [4.69, 9.17) is 0 Å². The zero-order valence-corrected chi connectivity index (χ0v) is 15.4. The van der Waals surface area contributed by atoms with Gasteiger partial charge in [0.15, 0.2) is 0 Å². The maximum atomic E-state index is 13.4. The molecule has 26 heavy (non-hydrogen) atoms. The first kappa shape index (κ1) is 17.1. The third-order valence-corrected chi connectivity index (χ3v) is 5.55. The number of tetrazole rings is 1. The monoisotopic (exact) mass is 357 g/mol. The Hall–Kier alpha value is -2.31. The highest BCUT2D eigenvalue weighted by molar-refractivity contribution is 5.76. The van der Waals surface area contributed by atoms with Crippen LogP contribution in [0.3, 0.4) is 0 Å². The first-order valence-electron chi connectivity index (χ1n) is 9.06. The molecule has 2 aromatic rings. The molecule has 1 saturated carbocycles. The van der Waals surface area contributed by atoms with Crippen LogP contribution in [-0.4, -0.2) is 43.6 Å². The highest BCUT2D eigenvalue weighted by Gasteiger charge is 2.50. The second-order valence-corrected chi connectivity index (χ2v) is 8.89. The summed E-state index contributed by atoms with van der Waals surface area (Å²) in [4.78, 5) is 16.2. The smallest absolute Gasteiger partial charge is 0.246 e. The standard InChI is InChI=1S/C19H24FN5O/c1-18(2)8-15-9-19(3,11-18)12-24(15)16(26)10-25-22-17(21-23-25)13-5-4-6-14(20)7-13/h4-7,15H,8-12H2,1-3H3/t15-,19-/m1/s1. The molecule has 138 valence electrons. The van der Waals surface area contributed by atoms with Crippen molar-refractivity contribution in [1.29, 1.82) is 0 Å². The molecule has 1 saturated heterocycles. The summed E-state index contributed by atoms with van der Waals surface area (Å²) in [6.45, 7) is 7.72. The third-order valence-electron chi connectivity index (χ3n) is 5.55. The van der Waals surface area contributed by atoms with Crippen molar-refractivity contribution in [2.24, 2.45) is 10.8 Å². The topological polar surface area (TPSA) is 63.9 Å². The fourth-order valence-electron chi connectivity index (χ4n) is 5.02. The molecule has 0 spiro atoms. The molecule has 0 radical (unpaired) electrons. The summed E-state index contributed by atoms with van der Waals surface area (Å²) in [6, 6.07) is 6.34. The predicted molar refractivity (Wildman–Crippen MR) is 94.5 cm³/mol. The van der Waals surface area contributed by atoms with Crippen LogP contribution in [0, 0.1) is 16.6 Å². The van der Waals surface area contributed by atoms with Crippen LogP contribution in [-0.2, 0) is 11.3 Å². The largest absolute Gasteiger partial charge is 0.337 e. The number of hydrogen-bond acceptors (Lipinski definition) is 4. The molecule has 2 aliphatic rings. The third kappa shape index (κ3) is 3.22. The van der Waals surface area contributed by atoms with E-state index in [0.29, 0.717) is 17.4 Å². The van der Waals surface area contributed by atoms with Crippen molar-refractivity contribution in [3.63, 3.8) is 0 Å². The van der Waals surface area contributed by atoms with Crippen molar-refractivity contribution in [2.45, 2.75) is 52.6 Å². The minimum atomic E-state index is -0.352. The number of rotatable bonds is 3. The molecule has 2 heterocycles. The molecular weight excluding hydrogens is 333 g/mol. The lowest BCUT2D eigenvalue weighted by Crippen LogP contribution is -2.39. The van der Waals surface area contributed by atoms with Gasteiger partial charge in [0.25, 0.3) is 0 Å². The van der Waals surface area contributed by atoms with E-state index in [1.807, 2.05) is 4.90 Å². The molecule has 4 rings (SSSR count). The van der Waals surface area contributed by atoms with E-state index in [1.165, 1.54) is 16.9 Å². The maximum Gasteiger partial charge on any atom is 0.246 e. The number of aromatic nitrogens is 4. The van der Waals surface area contributed by atoms with Gasteiger partial charge in [0, 0.05) is 18.2 Å². The van der Waals surface area contributed by atoms with Crippen LogP contribution in [0.5, 0.6) is 0 Å². The van der Waals surface area contributed by atoms with Crippen LogP contribution in [0.25, 0.3) is 11.4 Å². The molecule has 6 nitrogen and oxygen atoms in total. The van der Waals surface area contributed by atoms with Crippen molar-refractivity contribution in [3.8, 4) is 11.4 Å². The quantitative estimate of drug-likeness (QED) is 0.847. The number of nitrogens with zero attached hydrogens (tertiary/aromatic N) is 5. The maximum absolute atomic E-state index is 13.4. The highest BCUT2D eigenvalue weighted by Crippen LogP contribution is 2.52. The highest BCUT2D eigenvalue weighted by atomic mass is 19.1. The van der Waals surface area contributed by atoms with E-state index in [9.17, 15) is 9.18 Å². The van der Waals surface area contributed by atoms with Crippen LogP contribution < -0.4 is 0 Å². The summed E-state index contributed by atoms with van der Waals surface area (Å²) in [7, 11) is 0. The SMILES string of the molecule is CC1(C)C[C@@H]2C[C@@](C)(CN2C(=O)Cn2nnc(-c3cccc(F)c3)n2)C1. The van der Waals surface area contributed by atoms with Crippen LogP contribution in [0.1, 0.15) is 40.0 Å². The van der Waals surface area contributed by atoms with Crippen LogP contribution in [0.15, 0.2) is 24.3 Å². The first-order chi connectivity index (χ1) is 12.2. The van der Waals surface area contributed by atoms with Crippen LogP contribution in [0.4, 0.5) is 4.39 Å². The number of carbonyl (C=O) groups is 1. The van der Waals surface area contributed by atoms with Gasteiger partial charge in [-0.3, -0.25) is 4.79 Å². The summed E-state index contributed by atoms with van der Waals surface area (Å²) in [5.74, 6) is 0.000281. The molecule has 2 fully saturated rings. The minimum Gasteiger partial charge on any atom is -0.337 e. The Bertz CT molecular complexity index is 848. The summed E-state index contributed by atoms with van der Waals surface area (Å²) >= 11 is 0. The predicted octanol–water partition coefficient (Wildman–Crippen LogP) is 2.91. The molecule has 0 N–H and O–H groups in total. The molecular formula is C19H24FN5O. The molecule has 7 heteroatoms. The molecule has 1 amide bonds. The fraction of sp³-hybridized carbons (Fsp3) is 0.579. The zero-order chi connectivity index (χ0) is 18.5.